The van der Waals surface area contributed by atoms with Crippen molar-refractivity contribution in [3.63, 3.8) is 0 Å². The van der Waals surface area contributed by atoms with Gasteiger partial charge in [0.2, 0.25) is 0 Å². The van der Waals surface area contributed by atoms with Crippen molar-refractivity contribution < 1.29 is 10.2 Å². The third-order valence-electron chi connectivity index (χ3n) is 5.20. The first kappa shape index (κ1) is 17.4. The molecule has 0 heterocycles. The molecular formula is C20H22Cl2O2. The smallest absolute Gasteiger partial charge is 0.134 e. The summed E-state index contributed by atoms with van der Waals surface area (Å²) in [6.07, 6.45) is 3.17. The fourth-order valence-corrected chi connectivity index (χ4v) is 4.73. The zero-order valence-electron chi connectivity index (χ0n) is 13.9. The minimum atomic E-state index is -0.217. The van der Waals surface area contributed by atoms with E-state index in [0.29, 0.717) is 21.9 Å². The Hall–Kier alpha value is -1.38. The normalized spacial score (nSPS) is 23.2. The number of aromatic hydroxyl groups is 2. The Morgan fingerprint density at radius 2 is 1.25 bits per heavy atom. The molecule has 128 valence electrons. The summed E-state index contributed by atoms with van der Waals surface area (Å²) >= 11 is 12.4. The Bertz CT molecular complexity index is 694. The minimum Gasteiger partial charge on any atom is -0.506 e. The predicted octanol–water partition coefficient (Wildman–Crippen LogP) is 6.15. The Kier molecular flexibility index (Phi) is 4.72. The van der Waals surface area contributed by atoms with Gasteiger partial charge in [-0.25, -0.2) is 0 Å². The highest BCUT2D eigenvalue weighted by Crippen LogP contribution is 2.50. The van der Waals surface area contributed by atoms with Crippen LogP contribution in [0.2, 0.25) is 10.0 Å². The lowest BCUT2D eigenvalue weighted by Crippen LogP contribution is -2.36. The molecule has 3 rings (SSSR count). The Morgan fingerprint density at radius 1 is 0.833 bits per heavy atom. The van der Waals surface area contributed by atoms with Gasteiger partial charge in [-0.3, -0.25) is 0 Å². The second-order valence-electron chi connectivity index (χ2n) is 7.27. The molecule has 0 saturated heterocycles. The van der Waals surface area contributed by atoms with Crippen LogP contribution in [-0.4, -0.2) is 10.2 Å². The van der Waals surface area contributed by atoms with Crippen LogP contribution in [0.4, 0.5) is 0 Å². The predicted molar refractivity (Wildman–Crippen MR) is 99.2 cm³/mol. The highest BCUT2D eigenvalue weighted by molar-refractivity contribution is 6.32. The van der Waals surface area contributed by atoms with Crippen LogP contribution < -0.4 is 0 Å². The van der Waals surface area contributed by atoms with Crippen molar-refractivity contribution in [3.8, 4) is 11.5 Å². The second kappa shape index (κ2) is 6.50. The van der Waals surface area contributed by atoms with Gasteiger partial charge < -0.3 is 10.2 Å². The topological polar surface area (TPSA) is 40.5 Å². The Morgan fingerprint density at radius 3 is 1.62 bits per heavy atom. The van der Waals surface area contributed by atoms with E-state index in [1.807, 2.05) is 24.3 Å². The molecule has 2 N–H and O–H groups in total. The maximum Gasteiger partial charge on any atom is 0.134 e. The average molecular weight is 365 g/mol. The van der Waals surface area contributed by atoms with Crippen LogP contribution in [0.3, 0.4) is 0 Å². The van der Waals surface area contributed by atoms with E-state index in [4.69, 9.17) is 23.2 Å². The molecule has 2 atom stereocenters. The number of hydrogen-bond donors (Lipinski definition) is 2. The van der Waals surface area contributed by atoms with E-state index in [0.717, 1.165) is 24.0 Å². The van der Waals surface area contributed by atoms with Gasteiger partial charge >= 0.3 is 0 Å². The molecule has 1 aliphatic rings. The lowest BCUT2D eigenvalue weighted by Gasteiger charge is -2.44. The van der Waals surface area contributed by atoms with Gasteiger partial charge in [-0.15, -0.1) is 0 Å². The number of hydrogen-bond acceptors (Lipinski definition) is 2. The largest absolute Gasteiger partial charge is 0.506 e. The molecule has 2 aromatic rings. The van der Waals surface area contributed by atoms with E-state index in [-0.39, 0.29) is 16.9 Å². The van der Waals surface area contributed by atoms with Crippen LogP contribution in [0.25, 0.3) is 0 Å². The van der Waals surface area contributed by atoms with Gasteiger partial charge in [0.25, 0.3) is 0 Å². The lowest BCUT2D eigenvalue weighted by molar-refractivity contribution is 0.210. The van der Waals surface area contributed by atoms with E-state index in [9.17, 15) is 10.2 Å². The first-order valence-corrected chi connectivity index (χ1v) is 9.05. The average Bonchev–Trinajstić information content (AvgIpc) is 2.51. The van der Waals surface area contributed by atoms with Gasteiger partial charge in [-0.1, -0.05) is 49.2 Å². The van der Waals surface area contributed by atoms with Crippen molar-refractivity contribution in [3.05, 3.63) is 57.6 Å². The number of phenols is 2. The maximum absolute atomic E-state index is 9.79. The molecule has 2 unspecified atom stereocenters. The van der Waals surface area contributed by atoms with Crippen molar-refractivity contribution in [2.45, 2.75) is 38.5 Å². The Labute approximate surface area is 153 Å². The molecule has 2 nitrogen and oxygen atoms in total. The van der Waals surface area contributed by atoms with E-state index < -0.39 is 0 Å². The maximum atomic E-state index is 9.79. The van der Waals surface area contributed by atoms with Crippen molar-refractivity contribution >= 4 is 23.2 Å². The molecule has 4 heteroatoms. The zero-order chi connectivity index (χ0) is 17.5. The van der Waals surface area contributed by atoms with Crippen molar-refractivity contribution in [1.82, 2.24) is 0 Å². The SMILES string of the molecule is CC1CC(C)CC(c2ccc(O)c(Cl)c2)(c2ccc(O)c(Cl)c2)C1. The molecule has 0 aromatic heterocycles. The third kappa shape index (κ3) is 3.10. The van der Waals surface area contributed by atoms with Crippen LogP contribution in [0.15, 0.2) is 36.4 Å². The molecular weight excluding hydrogens is 343 g/mol. The molecule has 0 aliphatic heterocycles. The number of rotatable bonds is 2. The van der Waals surface area contributed by atoms with Gasteiger partial charge in [0.05, 0.1) is 10.0 Å². The highest BCUT2D eigenvalue weighted by atomic mass is 35.5. The number of phenolic OH excluding ortho intramolecular Hbond substituents is 2. The first-order valence-electron chi connectivity index (χ1n) is 8.30. The first-order chi connectivity index (χ1) is 11.3. The summed E-state index contributed by atoms with van der Waals surface area (Å²) in [6.45, 7) is 4.54. The van der Waals surface area contributed by atoms with Crippen molar-refractivity contribution in [2.24, 2.45) is 11.8 Å². The monoisotopic (exact) mass is 364 g/mol. The quantitative estimate of drug-likeness (QED) is 0.670. The summed E-state index contributed by atoms with van der Waals surface area (Å²) in [5.41, 5.74) is 1.96. The van der Waals surface area contributed by atoms with Gasteiger partial charge in [0, 0.05) is 5.41 Å². The standard InChI is InChI=1S/C20H22Cl2O2/c1-12-7-13(2)11-20(10-12,14-3-5-18(23)16(21)8-14)15-4-6-19(24)17(22)9-15/h3-6,8-9,12-13,23-24H,7,10-11H2,1-2H3. The molecule has 1 saturated carbocycles. The Balaban J connectivity index is 2.20. The molecule has 1 fully saturated rings. The summed E-state index contributed by atoms with van der Waals surface area (Å²) in [5, 5.41) is 20.3. The highest BCUT2D eigenvalue weighted by Gasteiger charge is 2.41. The zero-order valence-corrected chi connectivity index (χ0v) is 15.4. The van der Waals surface area contributed by atoms with Gasteiger partial charge in [-0.2, -0.15) is 0 Å². The molecule has 0 bridgehead atoms. The number of benzene rings is 2. The van der Waals surface area contributed by atoms with Crippen LogP contribution in [-0.2, 0) is 5.41 Å². The fourth-order valence-electron chi connectivity index (χ4n) is 4.37. The number of halogens is 2. The summed E-state index contributed by atoms with van der Waals surface area (Å²) < 4.78 is 0. The van der Waals surface area contributed by atoms with Crippen LogP contribution in [0, 0.1) is 11.8 Å². The van der Waals surface area contributed by atoms with Crippen molar-refractivity contribution in [2.75, 3.05) is 0 Å². The van der Waals surface area contributed by atoms with Crippen LogP contribution >= 0.6 is 23.2 Å². The summed E-state index contributed by atoms with van der Waals surface area (Å²) in [6, 6.07) is 10.9. The molecule has 0 spiro atoms. The van der Waals surface area contributed by atoms with Crippen molar-refractivity contribution in [1.29, 1.82) is 0 Å². The molecule has 0 radical (unpaired) electrons. The van der Waals surface area contributed by atoms with Gasteiger partial charge in [-0.05, 0) is 66.5 Å². The van der Waals surface area contributed by atoms with Crippen LogP contribution in [0.1, 0.15) is 44.2 Å². The van der Waals surface area contributed by atoms with E-state index in [1.54, 1.807) is 12.1 Å². The van der Waals surface area contributed by atoms with Crippen LogP contribution in [0.5, 0.6) is 11.5 Å². The molecule has 2 aromatic carbocycles. The minimum absolute atomic E-state index is 0.0937. The summed E-state index contributed by atoms with van der Waals surface area (Å²) in [4.78, 5) is 0. The fraction of sp³-hybridized carbons (Fsp3) is 0.400. The molecule has 1 aliphatic carbocycles. The lowest BCUT2D eigenvalue weighted by atomic mass is 9.60. The summed E-state index contributed by atoms with van der Waals surface area (Å²) in [5.74, 6) is 1.32. The van der Waals surface area contributed by atoms with Gasteiger partial charge in [0.1, 0.15) is 11.5 Å². The van der Waals surface area contributed by atoms with E-state index in [1.165, 1.54) is 6.42 Å². The third-order valence-corrected chi connectivity index (χ3v) is 5.80. The van der Waals surface area contributed by atoms with E-state index in [2.05, 4.69) is 13.8 Å². The molecule has 24 heavy (non-hydrogen) atoms. The second-order valence-corrected chi connectivity index (χ2v) is 8.08. The summed E-state index contributed by atoms with van der Waals surface area (Å²) in [7, 11) is 0. The molecule has 0 amide bonds. The van der Waals surface area contributed by atoms with Gasteiger partial charge in [0.15, 0.2) is 0 Å². The van der Waals surface area contributed by atoms with E-state index >= 15 is 0 Å².